The minimum absolute atomic E-state index is 0.0741. The van der Waals surface area contributed by atoms with E-state index >= 15 is 0 Å². The number of ether oxygens (including phenoxy) is 1. The molecule has 0 saturated carbocycles. The highest BCUT2D eigenvalue weighted by Crippen LogP contribution is 2.28. The highest BCUT2D eigenvalue weighted by atomic mass is 32.1. The van der Waals surface area contributed by atoms with Crippen molar-refractivity contribution in [2.24, 2.45) is 0 Å². The Morgan fingerprint density at radius 1 is 1.56 bits per heavy atom. The summed E-state index contributed by atoms with van der Waals surface area (Å²) in [6.07, 6.45) is 3.53. The Morgan fingerprint density at radius 2 is 2.22 bits per heavy atom. The topological polar surface area (TPSA) is 9.23 Å². The van der Waals surface area contributed by atoms with Gasteiger partial charge in [0, 0.05) is 0 Å². The molecule has 0 amide bonds. The van der Waals surface area contributed by atoms with Gasteiger partial charge in [0.2, 0.25) is 0 Å². The summed E-state index contributed by atoms with van der Waals surface area (Å²) in [7, 11) is 0. The average molecular weight is 146 g/mol. The molecule has 0 radical (unpaired) electrons. The molecule has 1 heterocycles. The zero-order valence-corrected chi connectivity index (χ0v) is 6.95. The Bertz CT molecular complexity index is 101. The van der Waals surface area contributed by atoms with Gasteiger partial charge in [0.25, 0.3) is 0 Å². The van der Waals surface area contributed by atoms with Crippen LogP contribution in [0.15, 0.2) is 0 Å². The van der Waals surface area contributed by atoms with E-state index in [1.54, 1.807) is 0 Å². The quantitative estimate of drug-likeness (QED) is 0.515. The largest absolute Gasteiger partial charge is 0.362 e. The highest BCUT2D eigenvalue weighted by Gasteiger charge is 2.25. The number of hydrogen-bond acceptors (Lipinski definition) is 2. The maximum absolute atomic E-state index is 5.54. The summed E-state index contributed by atoms with van der Waals surface area (Å²) < 4.78 is 5.54. The van der Waals surface area contributed by atoms with Gasteiger partial charge in [-0.25, -0.2) is 0 Å². The predicted molar refractivity (Wildman–Crippen MR) is 41.8 cm³/mol. The molecule has 0 bridgehead atoms. The maximum Gasteiger partial charge on any atom is 0.101 e. The number of hydrogen-bond donors (Lipinski definition) is 1. The summed E-state index contributed by atoms with van der Waals surface area (Å²) in [5.74, 6) is 0. The minimum Gasteiger partial charge on any atom is -0.362 e. The van der Waals surface area contributed by atoms with Crippen molar-refractivity contribution < 1.29 is 4.74 Å². The molecule has 0 spiro atoms. The van der Waals surface area contributed by atoms with Gasteiger partial charge >= 0.3 is 0 Å². The van der Waals surface area contributed by atoms with Gasteiger partial charge in [-0.3, -0.25) is 0 Å². The zero-order valence-electron chi connectivity index (χ0n) is 6.05. The summed E-state index contributed by atoms with van der Waals surface area (Å²) >= 11 is 4.25. The molecule has 1 saturated heterocycles. The smallest absolute Gasteiger partial charge is 0.101 e. The van der Waals surface area contributed by atoms with Gasteiger partial charge in [0.1, 0.15) is 5.44 Å². The van der Waals surface area contributed by atoms with Crippen LogP contribution in [0.3, 0.4) is 0 Å². The van der Waals surface area contributed by atoms with Crippen LogP contribution in [0.1, 0.15) is 33.1 Å². The Morgan fingerprint density at radius 3 is 2.56 bits per heavy atom. The van der Waals surface area contributed by atoms with Crippen molar-refractivity contribution in [3.8, 4) is 0 Å². The normalized spacial score (nSPS) is 34.3. The van der Waals surface area contributed by atoms with Crippen LogP contribution in [-0.4, -0.2) is 11.0 Å². The first kappa shape index (κ1) is 7.42. The molecule has 1 unspecified atom stereocenters. The second-order valence-corrected chi connectivity index (χ2v) is 3.80. The van der Waals surface area contributed by atoms with E-state index < -0.39 is 0 Å². The van der Waals surface area contributed by atoms with Crippen LogP contribution >= 0.6 is 12.6 Å². The Labute approximate surface area is 62.2 Å². The van der Waals surface area contributed by atoms with E-state index in [0.29, 0.717) is 0 Å². The molecular formula is C7H14OS. The standard InChI is InChI=1S/C7H14OS/c1-7(2)5-3-4-6(9)8-7/h6,9H,3-5H2,1-2H3. The van der Waals surface area contributed by atoms with Crippen molar-refractivity contribution in [1.29, 1.82) is 0 Å². The van der Waals surface area contributed by atoms with Gasteiger partial charge in [-0.2, -0.15) is 0 Å². The van der Waals surface area contributed by atoms with E-state index in [0.717, 1.165) is 6.42 Å². The summed E-state index contributed by atoms with van der Waals surface area (Å²) in [5, 5.41) is 0. The zero-order chi connectivity index (χ0) is 6.91. The fourth-order valence-electron chi connectivity index (χ4n) is 1.19. The first-order valence-corrected chi connectivity index (χ1v) is 3.98. The lowest BCUT2D eigenvalue weighted by Gasteiger charge is -2.33. The van der Waals surface area contributed by atoms with Crippen molar-refractivity contribution in [1.82, 2.24) is 0 Å². The molecule has 1 atom stereocenters. The maximum atomic E-state index is 5.54. The van der Waals surface area contributed by atoms with Crippen molar-refractivity contribution in [2.45, 2.75) is 44.1 Å². The molecule has 0 aromatic carbocycles. The van der Waals surface area contributed by atoms with E-state index in [1.807, 2.05) is 0 Å². The molecule has 9 heavy (non-hydrogen) atoms. The molecule has 0 aromatic rings. The molecular weight excluding hydrogens is 132 g/mol. The monoisotopic (exact) mass is 146 g/mol. The fourth-order valence-corrected chi connectivity index (χ4v) is 1.66. The molecule has 2 heteroatoms. The Hall–Kier alpha value is 0.310. The minimum atomic E-state index is 0.0741. The third-order valence-corrected chi connectivity index (χ3v) is 2.05. The summed E-state index contributed by atoms with van der Waals surface area (Å²) in [4.78, 5) is 0. The summed E-state index contributed by atoms with van der Waals surface area (Å²) in [6.45, 7) is 4.24. The second kappa shape index (κ2) is 2.51. The average Bonchev–Trinajstić information content (AvgIpc) is 1.60. The van der Waals surface area contributed by atoms with Crippen molar-refractivity contribution >= 4 is 12.6 Å². The highest BCUT2D eigenvalue weighted by molar-refractivity contribution is 7.80. The van der Waals surface area contributed by atoms with Gasteiger partial charge in [-0.05, 0) is 33.1 Å². The molecule has 0 aromatic heterocycles. The number of rotatable bonds is 0. The first-order valence-electron chi connectivity index (χ1n) is 3.46. The third kappa shape index (κ3) is 2.18. The molecule has 1 fully saturated rings. The molecule has 1 rings (SSSR count). The fraction of sp³-hybridized carbons (Fsp3) is 1.00. The van der Waals surface area contributed by atoms with Crippen molar-refractivity contribution in [3.63, 3.8) is 0 Å². The SMILES string of the molecule is CC1(C)CCCC(S)O1. The van der Waals surface area contributed by atoms with Crippen LogP contribution in [0, 0.1) is 0 Å². The molecule has 1 aliphatic heterocycles. The van der Waals surface area contributed by atoms with Gasteiger partial charge < -0.3 is 4.74 Å². The lowest BCUT2D eigenvalue weighted by molar-refractivity contribution is -0.0670. The van der Waals surface area contributed by atoms with Gasteiger partial charge in [0.05, 0.1) is 5.60 Å². The van der Waals surface area contributed by atoms with Crippen LogP contribution in [0.4, 0.5) is 0 Å². The van der Waals surface area contributed by atoms with Crippen molar-refractivity contribution in [2.75, 3.05) is 0 Å². The van der Waals surface area contributed by atoms with E-state index in [2.05, 4.69) is 26.5 Å². The summed E-state index contributed by atoms with van der Waals surface area (Å²) in [6, 6.07) is 0. The number of thiol groups is 1. The first-order chi connectivity index (χ1) is 4.10. The lowest BCUT2D eigenvalue weighted by atomic mass is 9.99. The van der Waals surface area contributed by atoms with Crippen LogP contribution < -0.4 is 0 Å². The molecule has 1 aliphatic rings. The van der Waals surface area contributed by atoms with Crippen molar-refractivity contribution in [3.05, 3.63) is 0 Å². The van der Waals surface area contributed by atoms with E-state index in [-0.39, 0.29) is 11.0 Å². The van der Waals surface area contributed by atoms with Crippen LogP contribution in [0.2, 0.25) is 0 Å². The van der Waals surface area contributed by atoms with E-state index in [9.17, 15) is 0 Å². The molecule has 0 aliphatic carbocycles. The molecule has 54 valence electrons. The lowest BCUT2D eigenvalue weighted by Crippen LogP contribution is -2.32. The van der Waals surface area contributed by atoms with E-state index in [1.165, 1.54) is 12.8 Å². The van der Waals surface area contributed by atoms with Crippen LogP contribution in [0.25, 0.3) is 0 Å². The second-order valence-electron chi connectivity index (χ2n) is 3.22. The van der Waals surface area contributed by atoms with E-state index in [4.69, 9.17) is 4.74 Å². The van der Waals surface area contributed by atoms with Gasteiger partial charge in [-0.15, -0.1) is 12.6 Å². The van der Waals surface area contributed by atoms with Gasteiger partial charge in [-0.1, -0.05) is 0 Å². The molecule has 0 N–H and O–H groups in total. The third-order valence-electron chi connectivity index (χ3n) is 1.68. The van der Waals surface area contributed by atoms with Crippen LogP contribution in [-0.2, 0) is 4.74 Å². The van der Waals surface area contributed by atoms with Crippen LogP contribution in [0.5, 0.6) is 0 Å². The predicted octanol–water partition coefficient (Wildman–Crippen LogP) is 2.22. The molecule has 1 nitrogen and oxygen atoms in total. The van der Waals surface area contributed by atoms with Gasteiger partial charge in [0.15, 0.2) is 0 Å². The Kier molecular flexibility index (Phi) is 2.07. The Balaban J connectivity index is 2.41. The summed E-state index contributed by atoms with van der Waals surface area (Å²) in [5.41, 5.74) is 0.249.